The first kappa shape index (κ1) is 15.7. The highest BCUT2D eigenvalue weighted by molar-refractivity contribution is 5.94. The van der Waals surface area contributed by atoms with Crippen LogP contribution in [0.5, 0.6) is 5.75 Å². The van der Waals surface area contributed by atoms with Crippen LogP contribution in [0.25, 0.3) is 5.82 Å². The van der Waals surface area contributed by atoms with E-state index in [9.17, 15) is 4.79 Å². The van der Waals surface area contributed by atoms with Crippen molar-refractivity contribution in [3.05, 3.63) is 66.6 Å². The van der Waals surface area contributed by atoms with E-state index >= 15 is 0 Å². The third-order valence-electron chi connectivity index (χ3n) is 3.46. The predicted molar refractivity (Wildman–Crippen MR) is 91.3 cm³/mol. The molecule has 122 valence electrons. The molecular formula is C18H18N4O2. The third kappa shape index (κ3) is 3.78. The van der Waals surface area contributed by atoms with E-state index in [0.717, 1.165) is 5.56 Å². The number of carbonyl (C=O) groups excluding carboxylic acids is 1. The molecule has 1 unspecified atom stereocenters. The highest BCUT2D eigenvalue weighted by Crippen LogP contribution is 2.15. The first-order valence-corrected chi connectivity index (χ1v) is 7.62. The lowest BCUT2D eigenvalue weighted by atomic mass is 10.2. The Morgan fingerprint density at radius 3 is 2.62 bits per heavy atom. The summed E-state index contributed by atoms with van der Waals surface area (Å²) in [5.74, 6) is 1.11. The maximum atomic E-state index is 12.2. The lowest BCUT2D eigenvalue weighted by Crippen LogP contribution is -2.30. The number of hydrogen-bond acceptors (Lipinski definition) is 4. The third-order valence-corrected chi connectivity index (χ3v) is 3.46. The molecular weight excluding hydrogens is 304 g/mol. The largest absolute Gasteiger partial charge is 0.481 e. The molecule has 1 aromatic carbocycles. The second-order valence-corrected chi connectivity index (χ2v) is 5.42. The van der Waals surface area contributed by atoms with Crippen molar-refractivity contribution in [2.45, 2.75) is 20.0 Å². The average molecular weight is 322 g/mol. The summed E-state index contributed by atoms with van der Waals surface area (Å²) >= 11 is 0. The normalized spacial score (nSPS) is 11.8. The lowest BCUT2D eigenvalue weighted by Gasteiger charge is -2.15. The van der Waals surface area contributed by atoms with Crippen LogP contribution in [-0.4, -0.2) is 26.8 Å². The summed E-state index contributed by atoms with van der Waals surface area (Å²) in [6.07, 6.45) is 4.46. The Bertz CT molecular complexity index is 796. The van der Waals surface area contributed by atoms with Crippen molar-refractivity contribution in [1.29, 1.82) is 0 Å². The van der Waals surface area contributed by atoms with E-state index in [0.29, 0.717) is 17.3 Å². The van der Waals surface area contributed by atoms with Gasteiger partial charge in [0.05, 0.1) is 11.9 Å². The van der Waals surface area contributed by atoms with E-state index in [1.54, 1.807) is 42.3 Å². The molecule has 0 radical (unpaired) electrons. The highest BCUT2D eigenvalue weighted by Gasteiger charge is 2.15. The lowest BCUT2D eigenvalue weighted by molar-refractivity contribution is -0.122. The second kappa shape index (κ2) is 6.95. The number of aryl methyl sites for hydroxylation is 1. The molecule has 1 amide bonds. The molecule has 0 aliphatic heterocycles. The minimum absolute atomic E-state index is 0.232. The van der Waals surface area contributed by atoms with Crippen molar-refractivity contribution in [3.8, 4) is 11.6 Å². The minimum atomic E-state index is -0.613. The number of anilines is 1. The van der Waals surface area contributed by atoms with Crippen LogP contribution in [0.2, 0.25) is 0 Å². The minimum Gasteiger partial charge on any atom is -0.481 e. The number of pyridine rings is 1. The Hall–Kier alpha value is -3.15. The van der Waals surface area contributed by atoms with Gasteiger partial charge < -0.3 is 10.1 Å². The zero-order valence-corrected chi connectivity index (χ0v) is 13.5. The molecule has 2 aromatic heterocycles. The zero-order chi connectivity index (χ0) is 16.9. The SMILES string of the molecule is Cc1ccc(OC(C)C(=O)Nc2ccc(-n3cccn3)nc2)cc1. The van der Waals surface area contributed by atoms with Crippen molar-refractivity contribution in [3.63, 3.8) is 0 Å². The van der Waals surface area contributed by atoms with Gasteiger partial charge in [0, 0.05) is 12.4 Å². The number of aromatic nitrogens is 3. The summed E-state index contributed by atoms with van der Waals surface area (Å²) < 4.78 is 7.29. The topological polar surface area (TPSA) is 69.0 Å². The van der Waals surface area contributed by atoms with E-state index in [1.807, 2.05) is 37.3 Å². The first-order chi connectivity index (χ1) is 11.6. The maximum Gasteiger partial charge on any atom is 0.265 e. The molecule has 1 atom stereocenters. The summed E-state index contributed by atoms with van der Waals surface area (Å²) in [4.78, 5) is 16.5. The van der Waals surface area contributed by atoms with Gasteiger partial charge in [-0.1, -0.05) is 17.7 Å². The summed E-state index contributed by atoms with van der Waals surface area (Å²) in [5.41, 5.74) is 1.75. The molecule has 0 aliphatic carbocycles. The van der Waals surface area contributed by atoms with Gasteiger partial charge in [-0.05, 0) is 44.2 Å². The van der Waals surface area contributed by atoms with Crippen LogP contribution in [0, 0.1) is 6.92 Å². The number of benzene rings is 1. The van der Waals surface area contributed by atoms with Gasteiger partial charge in [-0.3, -0.25) is 4.79 Å². The fourth-order valence-electron chi connectivity index (χ4n) is 2.12. The van der Waals surface area contributed by atoms with Crippen LogP contribution in [0.4, 0.5) is 5.69 Å². The first-order valence-electron chi connectivity index (χ1n) is 7.62. The Balaban J connectivity index is 1.60. The van der Waals surface area contributed by atoms with Gasteiger partial charge in [0.1, 0.15) is 5.75 Å². The number of carbonyl (C=O) groups is 1. The molecule has 0 bridgehead atoms. The number of ether oxygens (including phenoxy) is 1. The molecule has 2 heterocycles. The van der Waals surface area contributed by atoms with Gasteiger partial charge in [-0.2, -0.15) is 5.10 Å². The van der Waals surface area contributed by atoms with Crippen LogP contribution in [0.3, 0.4) is 0 Å². The molecule has 3 rings (SSSR count). The zero-order valence-electron chi connectivity index (χ0n) is 13.5. The van der Waals surface area contributed by atoms with Crippen LogP contribution in [0.1, 0.15) is 12.5 Å². The molecule has 24 heavy (non-hydrogen) atoms. The van der Waals surface area contributed by atoms with Gasteiger partial charge in [-0.25, -0.2) is 9.67 Å². The molecule has 0 fully saturated rings. The Morgan fingerprint density at radius 2 is 2.00 bits per heavy atom. The smallest absolute Gasteiger partial charge is 0.265 e. The van der Waals surface area contributed by atoms with E-state index in [2.05, 4.69) is 15.4 Å². The predicted octanol–water partition coefficient (Wildman–Crippen LogP) is 2.98. The molecule has 0 saturated carbocycles. The van der Waals surface area contributed by atoms with E-state index in [4.69, 9.17) is 4.74 Å². The molecule has 3 aromatic rings. The van der Waals surface area contributed by atoms with Crippen LogP contribution < -0.4 is 10.1 Å². The van der Waals surface area contributed by atoms with Crippen molar-refractivity contribution < 1.29 is 9.53 Å². The van der Waals surface area contributed by atoms with Crippen molar-refractivity contribution in [1.82, 2.24) is 14.8 Å². The van der Waals surface area contributed by atoms with Crippen molar-refractivity contribution in [2.24, 2.45) is 0 Å². The Labute approximate surface area is 140 Å². The molecule has 6 heteroatoms. The van der Waals surface area contributed by atoms with Crippen LogP contribution in [-0.2, 0) is 4.79 Å². The summed E-state index contributed by atoms with van der Waals surface area (Å²) in [7, 11) is 0. The Morgan fingerprint density at radius 1 is 1.21 bits per heavy atom. The van der Waals surface area contributed by atoms with Crippen LogP contribution in [0.15, 0.2) is 61.1 Å². The van der Waals surface area contributed by atoms with Gasteiger partial charge >= 0.3 is 0 Å². The Kier molecular flexibility index (Phi) is 4.56. The van der Waals surface area contributed by atoms with Gasteiger partial charge in [0.15, 0.2) is 11.9 Å². The molecule has 0 saturated heterocycles. The van der Waals surface area contributed by atoms with E-state index in [-0.39, 0.29) is 5.91 Å². The maximum absolute atomic E-state index is 12.2. The van der Waals surface area contributed by atoms with Gasteiger partial charge in [0.25, 0.3) is 5.91 Å². The fraction of sp³-hybridized carbons (Fsp3) is 0.167. The summed E-state index contributed by atoms with van der Waals surface area (Å²) in [5, 5.41) is 6.89. The van der Waals surface area contributed by atoms with Gasteiger partial charge in [-0.15, -0.1) is 0 Å². The number of nitrogens with zero attached hydrogens (tertiary/aromatic N) is 3. The number of rotatable bonds is 5. The quantitative estimate of drug-likeness (QED) is 0.784. The number of hydrogen-bond donors (Lipinski definition) is 1. The molecule has 6 nitrogen and oxygen atoms in total. The summed E-state index contributed by atoms with van der Waals surface area (Å²) in [6.45, 7) is 3.71. The van der Waals surface area contributed by atoms with Crippen molar-refractivity contribution in [2.75, 3.05) is 5.32 Å². The number of nitrogens with one attached hydrogen (secondary N) is 1. The van der Waals surface area contributed by atoms with E-state index in [1.165, 1.54) is 0 Å². The van der Waals surface area contributed by atoms with Crippen molar-refractivity contribution >= 4 is 11.6 Å². The molecule has 0 spiro atoms. The highest BCUT2D eigenvalue weighted by atomic mass is 16.5. The van der Waals surface area contributed by atoms with Crippen LogP contribution >= 0.6 is 0 Å². The summed E-state index contributed by atoms with van der Waals surface area (Å²) in [6, 6.07) is 13.0. The monoisotopic (exact) mass is 322 g/mol. The fourth-order valence-corrected chi connectivity index (χ4v) is 2.12. The molecule has 0 aliphatic rings. The molecule has 1 N–H and O–H groups in total. The second-order valence-electron chi connectivity index (χ2n) is 5.42. The standard InChI is InChI=1S/C18H18N4O2/c1-13-4-7-16(8-5-13)24-14(2)18(23)21-15-6-9-17(19-12-15)22-11-3-10-20-22/h3-12,14H,1-2H3,(H,21,23). The average Bonchev–Trinajstić information content (AvgIpc) is 3.12. The van der Waals surface area contributed by atoms with E-state index < -0.39 is 6.10 Å². The number of amides is 1. The van der Waals surface area contributed by atoms with Gasteiger partial charge in [0.2, 0.25) is 0 Å².